The van der Waals surface area contributed by atoms with Crippen LogP contribution in [-0.2, 0) is 6.42 Å². The van der Waals surface area contributed by atoms with Gasteiger partial charge in [0.1, 0.15) is 11.5 Å². The molecule has 2 N–H and O–H groups in total. The first-order valence-corrected chi connectivity index (χ1v) is 6.71. The van der Waals surface area contributed by atoms with Gasteiger partial charge in [0.05, 0.1) is 0 Å². The second-order valence-corrected chi connectivity index (χ2v) is 5.06. The van der Waals surface area contributed by atoms with Crippen LogP contribution in [0.4, 0.5) is 0 Å². The molecule has 0 amide bonds. The van der Waals surface area contributed by atoms with E-state index < -0.39 is 0 Å². The van der Waals surface area contributed by atoms with Gasteiger partial charge in [0.25, 0.3) is 0 Å². The Morgan fingerprint density at radius 3 is 2.47 bits per heavy atom. The maximum atomic E-state index is 6.00. The van der Waals surface area contributed by atoms with Crippen LogP contribution in [0.5, 0.6) is 11.5 Å². The minimum Gasteiger partial charge on any atom is -0.457 e. The van der Waals surface area contributed by atoms with Gasteiger partial charge in [0, 0.05) is 5.02 Å². The summed E-state index contributed by atoms with van der Waals surface area (Å²) in [6, 6.07) is 11.8. The maximum absolute atomic E-state index is 6.00. The third-order valence-electron chi connectivity index (χ3n) is 3.03. The number of ether oxygens (including phenoxy) is 1. The monoisotopic (exact) mass is 275 g/mol. The molecule has 0 radical (unpaired) electrons. The summed E-state index contributed by atoms with van der Waals surface area (Å²) in [6.07, 6.45) is 0.890. The van der Waals surface area contributed by atoms with Crippen LogP contribution in [0.25, 0.3) is 0 Å². The second-order valence-electron chi connectivity index (χ2n) is 4.65. The highest BCUT2D eigenvalue weighted by Crippen LogP contribution is 2.28. The lowest BCUT2D eigenvalue weighted by Gasteiger charge is -2.11. The minimum absolute atomic E-state index is 0.663. The van der Waals surface area contributed by atoms with Gasteiger partial charge in [-0.2, -0.15) is 0 Å². The zero-order valence-corrected chi connectivity index (χ0v) is 12.0. The molecule has 0 fully saturated rings. The number of halogens is 1. The topological polar surface area (TPSA) is 35.2 Å². The Labute approximate surface area is 119 Å². The molecular formula is C16H18ClNO. The molecule has 0 aliphatic rings. The molecule has 0 unspecified atom stereocenters. The fourth-order valence-electron chi connectivity index (χ4n) is 1.96. The van der Waals surface area contributed by atoms with Gasteiger partial charge in [-0.3, -0.25) is 0 Å². The summed E-state index contributed by atoms with van der Waals surface area (Å²) in [6.45, 7) is 4.67. The van der Waals surface area contributed by atoms with Crippen LogP contribution in [0.3, 0.4) is 0 Å². The van der Waals surface area contributed by atoms with Gasteiger partial charge in [-0.1, -0.05) is 23.7 Å². The van der Waals surface area contributed by atoms with Crippen molar-refractivity contribution in [1.29, 1.82) is 0 Å². The van der Waals surface area contributed by atoms with Gasteiger partial charge in [-0.15, -0.1) is 0 Å². The molecule has 0 saturated heterocycles. The van der Waals surface area contributed by atoms with Crippen LogP contribution in [0.15, 0.2) is 36.4 Å². The Balaban J connectivity index is 2.20. The van der Waals surface area contributed by atoms with E-state index in [2.05, 4.69) is 12.1 Å². The molecule has 0 aromatic heterocycles. The predicted molar refractivity (Wildman–Crippen MR) is 80.2 cm³/mol. The Morgan fingerprint density at radius 2 is 1.84 bits per heavy atom. The molecule has 19 heavy (non-hydrogen) atoms. The lowest BCUT2D eigenvalue weighted by atomic mass is 10.1. The summed E-state index contributed by atoms with van der Waals surface area (Å²) in [5, 5.41) is 0.752. The Bertz CT molecular complexity index is 581. The predicted octanol–water partition coefficient (Wildman–Crippen LogP) is 4.25. The zero-order valence-electron chi connectivity index (χ0n) is 11.2. The third-order valence-corrected chi connectivity index (χ3v) is 3.45. The highest BCUT2D eigenvalue weighted by molar-refractivity contribution is 6.31. The van der Waals surface area contributed by atoms with E-state index >= 15 is 0 Å². The fraction of sp³-hybridized carbons (Fsp3) is 0.250. The van der Waals surface area contributed by atoms with Crippen molar-refractivity contribution in [2.75, 3.05) is 6.54 Å². The van der Waals surface area contributed by atoms with Gasteiger partial charge < -0.3 is 10.5 Å². The number of hydrogen-bond acceptors (Lipinski definition) is 2. The molecule has 2 aromatic rings. The number of hydrogen-bond donors (Lipinski definition) is 1. The average molecular weight is 276 g/mol. The molecule has 2 rings (SSSR count). The van der Waals surface area contributed by atoms with Crippen LogP contribution >= 0.6 is 11.6 Å². The number of aryl methyl sites for hydroxylation is 2. The van der Waals surface area contributed by atoms with Crippen molar-refractivity contribution >= 4 is 11.6 Å². The van der Waals surface area contributed by atoms with E-state index in [0.29, 0.717) is 6.54 Å². The van der Waals surface area contributed by atoms with Crippen molar-refractivity contribution < 1.29 is 4.74 Å². The molecule has 0 aliphatic heterocycles. The SMILES string of the molecule is Cc1cc(Oc2ccc(CCN)cc2C)ccc1Cl. The van der Waals surface area contributed by atoms with E-state index in [1.807, 2.05) is 38.1 Å². The van der Waals surface area contributed by atoms with E-state index in [-0.39, 0.29) is 0 Å². The van der Waals surface area contributed by atoms with Crippen molar-refractivity contribution in [1.82, 2.24) is 0 Å². The van der Waals surface area contributed by atoms with Gasteiger partial charge in [0.2, 0.25) is 0 Å². The van der Waals surface area contributed by atoms with Crippen molar-refractivity contribution in [2.24, 2.45) is 5.73 Å². The Kier molecular flexibility index (Phi) is 4.46. The molecule has 0 bridgehead atoms. The summed E-state index contributed by atoms with van der Waals surface area (Å²) in [4.78, 5) is 0. The maximum Gasteiger partial charge on any atom is 0.130 e. The standard InChI is InChI=1S/C16H18ClNO/c1-11-10-14(4-5-15(11)17)19-16-6-3-13(7-8-18)9-12(16)2/h3-6,9-10H,7-8,18H2,1-2H3. The molecule has 2 nitrogen and oxygen atoms in total. The molecular weight excluding hydrogens is 258 g/mol. The Morgan fingerprint density at radius 1 is 1.05 bits per heavy atom. The smallest absolute Gasteiger partial charge is 0.130 e. The molecule has 0 saturated carbocycles. The first kappa shape index (κ1) is 13.9. The molecule has 100 valence electrons. The summed E-state index contributed by atoms with van der Waals surface area (Å²) >= 11 is 6.00. The molecule has 0 spiro atoms. The first-order valence-electron chi connectivity index (χ1n) is 6.34. The van der Waals surface area contributed by atoms with E-state index in [9.17, 15) is 0 Å². The summed E-state index contributed by atoms with van der Waals surface area (Å²) < 4.78 is 5.89. The van der Waals surface area contributed by atoms with E-state index in [1.54, 1.807) is 0 Å². The largest absolute Gasteiger partial charge is 0.457 e. The molecule has 0 heterocycles. The molecule has 0 atom stereocenters. The Hall–Kier alpha value is -1.51. The third kappa shape index (κ3) is 3.49. The van der Waals surface area contributed by atoms with E-state index in [1.165, 1.54) is 5.56 Å². The van der Waals surface area contributed by atoms with Crippen LogP contribution in [0.1, 0.15) is 16.7 Å². The summed E-state index contributed by atoms with van der Waals surface area (Å²) in [7, 11) is 0. The van der Waals surface area contributed by atoms with Crippen molar-refractivity contribution in [3.63, 3.8) is 0 Å². The van der Waals surface area contributed by atoms with Crippen LogP contribution < -0.4 is 10.5 Å². The molecule has 0 aliphatic carbocycles. The minimum atomic E-state index is 0.663. The highest BCUT2D eigenvalue weighted by Gasteiger charge is 2.04. The lowest BCUT2D eigenvalue weighted by molar-refractivity contribution is 0.478. The summed E-state index contributed by atoms with van der Waals surface area (Å²) in [5.74, 6) is 1.67. The van der Waals surface area contributed by atoms with Crippen molar-refractivity contribution in [2.45, 2.75) is 20.3 Å². The van der Waals surface area contributed by atoms with Gasteiger partial charge in [0.15, 0.2) is 0 Å². The van der Waals surface area contributed by atoms with Gasteiger partial charge in [-0.25, -0.2) is 0 Å². The highest BCUT2D eigenvalue weighted by atomic mass is 35.5. The number of benzene rings is 2. The fourth-order valence-corrected chi connectivity index (χ4v) is 2.07. The van der Waals surface area contributed by atoms with Crippen LogP contribution in [0.2, 0.25) is 5.02 Å². The molecule has 2 aromatic carbocycles. The first-order chi connectivity index (χ1) is 9.10. The number of nitrogens with two attached hydrogens (primary N) is 1. The van der Waals surface area contributed by atoms with Crippen molar-refractivity contribution in [3.05, 3.63) is 58.1 Å². The summed E-state index contributed by atoms with van der Waals surface area (Å²) in [5.41, 5.74) is 8.92. The normalized spacial score (nSPS) is 10.5. The van der Waals surface area contributed by atoms with Gasteiger partial charge >= 0.3 is 0 Å². The van der Waals surface area contributed by atoms with Crippen molar-refractivity contribution in [3.8, 4) is 11.5 Å². The van der Waals surface area contributed by atoms with Crippen LogP contribution in [0, 0.1) is 13.8 Å². The number of rotatable bonds is 4. The zero-order chi connectivity index (χ0) is 13.8. The van der Waals surface area contributed by atoms with E-state index in [4.69, 9.17) is 22.1 Å². The van der Waals surface area contributed by atoms with E-state index in [0.717, 1.165) is 34.1 Å². The molecule has 3 heteroatoms. The lowest BCUT2D eigenvalue weighted by Crippen LogP contribution is -2.02. The quantitative estimate of drug-likeness (QED) is 0.905. The average Bonchev–Trinajstić information content (AvgIpc) is 2.37. The second kappa shape index (κ2) is 6.09. The van der Waals surface area contributed by atoms with Crippen LogP contribution in [-0.4, -0.2) is 6.54 Å². The van der Waals surface area contributed by atoms with Gasteiger partial charge in [-0.05, 0) is 67.8 Å².